The molecule has 0 spiro atoms. The van der Waals surface area contributed by atoms with Gasteiger partial charge in [-0.25, -0.2) is 9.97 Å². The second-order valence-corrected chi connectivity index (χ2v) is 9.97. The molecule has 0 bridgehead atoms. The Morgan fingerprint density at radius 1 is 0.825 bits per heavy atom. The number of benzene rings is 1. The van der Waals surface area contributed by atoms with Crippen LogP contribution < -0.4 is 20.4 Å². The number of pyridine rings is 2. The number of morpholine rings is 1. The van der Waals surface area contributed by atoms with Gasteiger partial charge in [0.05, 0.1) is 30.5 Å². The van der Waals surface area contributed by atoms with Gasteiger partial charge in [0, 0.05) is 75.0 Å². The number of nitrogens with zero attached hydrogens (tertiary/aromatic N) is 5. The van der Waals surface area contributed by atoms with Gasteiger partial charge in [0.2, 0.25) is 0 Å². The predicted octanol–water partition coefficient (Wildman–Crippen LogP) is 2.59. The van der Waals surface area contributed by atoms with E-state index in [9.17, 15) is 9.59 Å². The van der Waals surface area contributed by atoms with E-state index < -0.39 is 0 Å². The standard InChI is InChI=1S/C28H32ClN7O4/c29-23-2-1-22(32-27(38)20-3-5-31-26(17-20)36-12-15-40-16-13-36)19-24(23)33-28(39)21-4-6-30-25(18-21)35-9-7-34(8-10-35)11-14-37/h1-6,17-19,37H,7-16H2,(H,32,38)(H,33,39). The first-order chi connectivity index (χ1) is 19.5. The van der Waals surface area contributed by atoms with Crippen LogP contribution in [-0.2, 0) is 4.74 Å². The summed E-state index contributed by atoms with van der Waals surface area (Å²) in [7, 11) is 0. The Bertz CT molecular complexity index is 1340. The molecule has 0 aliphatic carbocycles. The van der Waals surface area contributed by atoms with Crippen molar-refractivity contribution < 1.29 is 19.4 Å². The number of carbonyl (C=O) groups is 2. The van der Waals surface area contributed by atoms with Crippen molar-refractivity contribution in [2.24, 2.45) is 0 Å². The molecule has 2 aliphatic heterocycles. The van der Waals surface area contributed by atoms with Gasteiger partial charge in [-0.05, 0) is 42.5 Å². The van der Waals surface area contributed by atoms with Gasteiger partial charge in [0.25, 0.3) is 11.8 Å². The zero-order valence-corrected chi connectivity index (χ0v) is 22.8. The largest absolute Gasteiger partial charge is 0.395 e. The number of halogens is 1. The molecule has 2 aliphatic rings. The summed E-state index contributed by atoms with van der Waals surface area (Å²) in [5.74, 6) is 0.813. The van der Waals surface area contributed by atoms with E-state index in [-0.39, 0.29) is 18.4 Å². The molecular formula is C28H32ClN7O4. The number of aliphatic hydroxyl groups is 1. The summed E-state index contributed by atoms with van der Waals surface area (Å²) < 4.78 is 5.40. The van der Waals surface area contributed by atoms with Crippen LogP contribution in [0.3, 0.4) is 0 Å². The van der Waals surface area contributed by atoms with Crippen molar-refractivity contribution in [3.63, 3.8) is 0 Å². The molecule has 2 amide bonds. The summed E-state index contributed by atoms with van der Waals surface area (Å²) in [5.41, 5.74) is 1.79. The number of amides is 2. The Kier molecular flexibility index (Phi) is 9.07. The first-order valence-electron chi connectivity index (χ1n) is 13.3. The molecule has 5 rings (SSSR count). The minimum atomic E-state index is -0.336. The Morgan fingerprint density at radius 3 is 2.05 bits per heavy atom. The van der Waals surface area contributed by atoms with Crippen LogP contribution >= 0.6 is 11.6 Å². The molecule has 2 fully saturated rings. The maximum Gasteiger partial charge on any atom is 0.255 e. The second-order valence-electron chi connectivity index (χ2n) is 9.56. The molecule has 11 nitrogen and oxygen atoms in total. The highest BCUT2D eigenvalue weighted by atomic mass is 35.5. The monoisotopic (exact) mass is 565 g/mol. The van der Waals surface area contributed by atoms with Gasteiger partial charge < -0.3 is 30.3 Å². The number of nitrogens with one attached hydrogen (secondary N) is 2. The Morgan fingerprint density at radius 2 is 1.43 bits per heavy atom. The van der Waals surface area contributed by atoms with Crippen LogP contribution in [0.2, 0.25) is 5.02 Å². The molecular weight excluding hydrogens is 534 g/mol. The van der Waals surface area contributed by atoms with Crippen molar-refractivity contribution >= 4 is 46.4 Å². The number of aromatic nitrogens is 2. The quantitative estimate of drug-likeness (QED) is 0.378. The van der Waals surface area contributed by atoms with E-state index in [0.717, 1.165) is 50.9 Å². The Labute approximate surface area is 237 Å². The molecule has 3 N–H and O–H groups in total. The highest BCUT2D eigenvalue weighted by molar-refractivity contribution is 6.34. The van der Waals surface area contributed by atoms with Crippen LogP contribution in [0, 0.1) is 0 Å². The zero-order valence-electron chi connectivity index (χ0n) is 22.1. The van der Waals surface area contributed by atoms with Gasteiger partial charge in [-0.3, -0.25) is 14.5 Å². The fourth-order valence-corrected chi connectivity index (χ4v) is 4.86. The lowest BCUT2D eigenvalue weighted by atomic mass is 10.2. The molecule has 0 atom stereocenters. The minimum Gasteiger partial charge on any atom is -0.395 e. The zero-order chi connectivity index (χ0) is 27.9. The summed E-state index contributed by atoms with van der Waals surface area (Å²) >= 11 is 6.39. The molecule has 0 radical (unpaired) electrons. The van der Waals surface area contributed by atoms with E-state index in [2.05, 4.69) is 35.3 Å². The molecule has 0 unspecified atom stereocenters. The van der Waals surface area contributed by atoms with E-state index in [1.807, 2.05) is 0 Å². The van der Waals surface area contributed by atoms with Crippen LogP contribution in [0.5, 0.6) is 0 Å². The summed E-state index contributed by atoms with van der Waals surface area (Å²) in [6.07, 6.45) is 3.23. The maximum atomic E-state index is 13.1. The number of aliphatic hydroxyl groups excluding tert-OH is 1. The number of β-amino-alcohol motifs (C(OH)–C–C–N with tert-alkyl or cyclic N) is 1. The molecule has 1 aromatic carbocycles. The van der Waals surface area contributed by atoms with Gasteiger partial charge >= 0.3 is 0 Å². The molecule has 210 valence electrons. The number of ether oxygens (including phenoxy) is 1. The number of carbonyl (C=O) groups excluding carboxylic acids is 2. The molecule has 0 saturated carbocycles. The summed E-state index contributed by atoms with van der Waals surface area (Å²) in [6, 6.07) is 11.8. The maximum absolute atomic E-state index is 13.1. The number of anilines is 4. The lowest BCUT2D eigenvalue weighted by molar-refractivity contribution is 0.101. The van der Waals surface area contributed by atoms with Gasteiger partial charge in [-0.15, -0.1) is 0 Å². The summed E-state index contributed by atoms with van der Waals surface area (Å²) in [6.45, 7) is 6.65. The SMILES string of the molecule is O=C(Nc1ccc(Cl)c(NC(=O)c2ccnc(N3CCN(CCO)CC3)c2)c1)c1ccnc(N2CCOCC2)c1. The molecule has 40 heavy (non-hydrogen) atoms. The van der Waals surface area contributed by atoms with E-state index in [1.54, 1.807) is 54.9 Å². The van der Waals surface area contributed by atoms with E-state index >= 15 is 0 Å². The Hall–Kier alpha value is -3.77. The third kappa shape index (κ3) is 6.86. The van der Waals surface area contributed by atoms with E-state index in [0.29, 0.717) is 47.3 Å². The van der Waals surface area contributed by atoms with Crippen molar-refractivity contribution in [2.45, 2.75) is 0 Å². The van der Waals surface area contributed by atoms with Crippen molar-refractivity contribution in [2.75, 3.05) is 86.1 Å². The predicted molar refractivity (Wildman–Crippen MR) is 155 cm³/mol. The number of piperazine rings is 1. The van der Waals surface area contributed by atoms with Crippen LogP contribution in [0.25, 0.3) is 0 Å². The normalized spacial score (nSPS) is 16.1. The van der Waals surface area contributed by atoms with Gasteiger partial charge in [0.1, 0.15) is 11.6 Å². The molecule has 2 aromatic heterocycles. The average Bonchev–Trinajstić information content (AvgIpc) is 3.00. The molecule has 2 saturated heterocycles. The van der Waals surface area contributed by atoms with Crippen LogP contribution in [0.15, 0.2) is 54.9 Å². The molecule has 4 heterocycles. The summed E-state index contributed by atoms with van der Waals surface area (Å²) in [4.78, 5) is 41.4. The third-order valence-corrected chi connectivity index (χ3v) is 7.26. The first-order valence-corrected chi connectivity index (χ1v) is 13.6. The lowest BCUT2D eigenvalue weighted by Gasteiger charge is -2.35. The van der Waals surface area contributed by atoms with Gasteiger partial charge in [0.15, 0.2) is 0 Å². The fraction of sp³-hybridized carbons (Fsp3) is 0.357. The number of hydrogen-bond donors (Lipinski definition) is 3. The second kappa shape index (κ2) is 13.1. The van der Waals surface area contributed by atoms with Crippen molar-refractivity contribution in [3.05, 3.63) is 71.0 Å². The average molecular weight is 566 g/mol. The fourth-order valence-electron chi connectivity index (χ4n) is 4.70. The highest BCUT2D eigenvalue weighted by Crippen LogP contribution is 2.27. The van der Waals surface area contributed by atoms with E-state index in [1.165, 1.54) is 0 Å². The first kappa shape index (κ1) is 27.8. The van der Waals surface area contributed by atoms with Gasteiger partial charge in [-0.2, -0.15) is 0 Å². The topological polar surface area (TPSA) is 123 Å². The van der Waals surface area contributed by atoms with Crippen molar-refractivity contribution in [1.82, 2.24) is 14.9 Å². The van der Waals surface area contributed by atoms with Gasteiger partial charge in [-0.1, -0.05) is 11.6 Å². The van der Waals surface area contributed by atoms with E-state index in [4.69, 9.17) is 21.4 Å². The third-order valence-electron chi connectivity index (χ3n) is 6.94. The Balaban J connectivity index is 1.24. The lowest BCUT2D eigenvalue weighted by Crippen LogP contribution is -2.47. The van der Waals surface area contributed by atoms with Crippen molar-refractivity contribution in [3.8, 4) is 0 Å². The molecule has 12 heteroatoms. The van der Waals surface area contributed by atoms with Crippen molar-refractivity contribution in [1.29, 1.82) is 0 Å². The van der Waals surface area contributed by atoms with Crippen LogP contribution in [-0.4, -0.2) is 97.4 Å². The highest BCUT2D eigenvalue weighted by Gasteiger charge is 2.19. The summed E-state index contributed by atoms with van der Waals surface area (Å²) in [5, 5.41) is 15.2. The smallest absolute Gasteiger partial charge is 0.255 e. The number of rotatable bonds is 8. The van der Waals surface area contributed by atoms with Crippen LogP contribution in [0.1, 0.15) is 20.7 Å². The van der Waals surface area contributed by atoms with Crippen LogP contribution in [0.4, 0.5) is 23.0 Å². The number of hydrogen-bond acceptors (Lipinski definition) is 9. The minimum absolute atomic E-state index is 0.140. The molecule has 3 aromatic rings.